The van der Waals surface area contributed by atoms with Crippen molar-refractivity contribution in [2.45, 2.75) is 13.8 Å². The highest BCUT2D eigenvalue weighted by atomic mass is 79.9. The summed E-state index contributed by atoms with van der Waals surface area (Å²) in [5.41, 5.74) is 2.92. The van der Waals surface area contributed by atoms with Gasteiger partial charge >= 0.3 is 5.97 Å². The first-order valence-corrected chi connectivity index (χ1v) is 11.6. The number of para-hydroxylation sites is 1. The van der Waals surface area contributed by atoms with Gasteiger partial charge in [0.15, 0.2) is 0 Å². The summed E-state index contributed by atoms with van der Waals surface area (Å²) in [5.74, 6) is -0.645. The number of hydrogen-bond donors (Lipinski definition) is 1. The number of amides is 1. The SMILES string of the molecule is CCOC(=O)c1sc(NC(=O)c2ccc(Br)cc2)c(-c2nc3ccccc3s2)c1C. The number of thiazole rings is 1. The molecule has 5 nitrogen and oxygen atoms in total. The van der Waals surface area contributed by atoms with Crippen LogP contribution in [0.5, 0.6) is 0 Å². The number of halogens is 1. The van der Waals surface area contributed by atoms with E-state index in [4.69, 9.17) is 9.72 Å². The van der Waals surface area contributed by atoms with Crippen LogP contribution in [0.2, 0.25) is 0 Å². The van der Waals surface area contributed by atoms with Gasteiger partial charge < -0.3 is 10.1 Å². The van der Waals surface area contributed by atoms with E-state index in [0.29, 0.717) is 15.4 Å². The third-order valence-electron chi connectivity index (χ3n) is 4.45. The van der Waals surface area contributed by atoms with E-state index < -0.39 is 5.97 Å². The lowest BCUT2D eigenvalue weighted by Gasteiger charge is -2.06. The Kier molecular flexibility index (Phi) is 5.99. The zero-order chi connectivity index (χ0) is 21.3. The molecule has 2 heterocycles. The van der Waals surface area contributed by atoms with Crippen LogP contribution in [0.25, 0.3) is 20.8 Å². The van der Waals surface area contributed by atoms with Gasteiger partial charge in [-0.3, -0.25) is 4.79 Å². The second kappa shape index (κ2) is 8.67. The van der Waals surface area contributed by atoms with Crippen molar-refractivity contribution in [3.05, 3.63) is 69.0 Å². The van der Waals surface area contributed by atoms with Crippen molar-refractivity contribution in [3.8, 4) is 10.6 Å². The molecular formula is C22H17BrN2O3S2. The Morgan fingerprint density at radius 2 is 1.83 bits per heavy atom. The molecule has 0 spiro atoms. The number of carbonyl (C=O) groups excluding carboxylic acids is 2. The van der Waals surface area contributed by atoms with Crippen LogP contribution in [-0.4, -0.2) is 23.5 Å². The highest BCUT2D eigenvalue weighted by Gasteiger charge is 2.25. The van der Waals surface area contributed by atoms with E-state index in [1.54, 1.807) is 19.1 Å². The molecule has 30 heavy (non-hydrogen) atoms. The maximum absolute atomic E-state index is 12.8. The van der Waals surface area contributed by atoms with Crippen molar-refractivity contribution in [1.29, 1.82) is 0 Å². The summed E-state index contributed by atoms with van der Waals surface area (Å²) in [7, 11) is 0. The summed E-state index contributed by atoms with van der Waals surface area (Å²) in [4.78, 5) is 30.5. The van der Waals surface area contributed by atoms with Gasteiger partial charge in [-0.25, -0.2) is 9.78 Å². The lowest BCUT2D eigenvalue weighted by atomic mass is 10.1. The second-order valence-electron chi connectivity index (χ2n) is 6.43. The van der Waals surface area contributed by atoms with Gasteiger partial charge in [0.25, 0.3) is 5.91 Å². The molecule has 4 rings (SSSR count). The first-order valence-electron chi connectivity index (χ1n) is 9.21. The molecule has 0 fully saturated rings. The lowest BCUT2D eigenvalue weighted by Crippen LogP contribution is -2.11. The topological polar surface area (TPSA) is 68.3 Å². The van der Waals surface area contributed by atoms with Crippen LogP contribution in [-0.2, 0) is 4.74 Å². The summed E-state index contributed by atoms with van der Waals surface area (Å²) < 4.78 is 7.15. The van der Waals surface area contributed by atoms with Gasteiger partial charge in [0.2, 0.25) is 0 Å². The first kappa shape index (κ1) is 20.7. The van der Waals surface area contributed by atoms with Gasteiger partial charge in [-0.1, -0.05) is 28.1 Å². The van der Waals surface area contributed by atoms with Crippen LogP contribution in [0.4, 0.5) is 5.00 Å². The van der Waals surface area contributed by atoms with Crippen LogP contribution < -0.4 is 5.32 Å². The fourth-order valence-corrected chi connectivity index (χ4v) is 5.51. The van der Waals surface area contributed by atoms with Crippen molar-refractivity contribution in [1.82, 2.24) is 4.98 Å². The summed E-state index contributed by atoms with van der Waals surface area (Å²) in [6, 6.07) is 15.0. The molecule has 4 aromatic rings. The molecule has 0 aliphatic carbocycles. The van der Waals surface area contributed by atoms with E-state index in [1.165, 1.54) is 22.7 Å². The number of fused-ring (bicyclic) bond motifs is 1. The number of thiophene rings is 1. The molecule has 0 saturated heterocycles. The zero-order valence-corrected chi connectivity index (χ0v) is 19.4. The largest absolute Gasteiger partial charge is 0.462 e. The maximum Gasteiger partial charge on any atom is 0.348 e. The van der Waals surface area contributed by atoms with Gasteiger partial charge in [-0.2, -0.15) is 0 Å². The monoisotopic (exact) mass is 500 g/mol. The maximum atomic E-state index is 12.8. The van der Waals surface area contributed by atoms with Gasteiger partial charge in [0, 0.05) is 15.6 Å². The molecule has 0 bridgehead atoms. The number of ether oxygens (including phenoxy) is 1. The second-order valence-corrected chi connectivity index (χ2v) is 9.40. The molecule has 0 aliphatic heterocycles. The van der Waals surface area contributed by atoms with Crippen molar-refractivity contribution in [2.24, 2.45) is 0 Å². The van der Waals surface area contributed by atoms with E-state index in [2.05, 4.69) is 21.2 Å². The Hall–Kier alpha value is -2.55. The average Bonchev–Trinajstić information content (AvgIpc) is 3.29. The summed E-state index contributed by atoms with van der Waals surface area (Å²) in [6.07, 6.45) is 0. The fourth-order valence-electron chi connectivity index (χ4n) is 3.01. The van der Waals surface area contributed by atoms with Gasteiger partial charge in [-0.05, 0) is 55.8 Å². The third kappa shape index (κ3) is 4.03. The van der Waals surface area contributed by atoms with Crippen molar-refractivity contribution in [2.75, 3.05) is 11.9 Å². The Morgan fingerprint density at radius 1 is 1.10 bits per heavy atom. The van der Waals surface area contributed by atoms with Crippen LogP contribution in [0.3, 0.4) is 0 Å². The van der Waals surface area contributed by atoms with Crippen LogP contribution >= 0.6 is 38.6 Å². The standard InChI is InChI=1S/C22H17BrN2O3S2/c1-3-28-22(27)18-12(2)17(20-24-15-6-4-5-7-16(15)29-20)21(30-18)25-19(26)13-8-10-14(23)11-9-13/h4-11H,3H2,1-2H3,(H,25,26). The zero-order valence-electron chi connectivity index (χ0n) is 16.2. The number of anilines is 1. The predicted octanol–water partition coefficient (Wildman–Crippen LogP) is 6.52. The first-order chi connectivity index (χ1) is 14.5. The quantitative estimate of drug-likeness (QED) is 0.316. The van der Waals surface area contributed by atoms with Crippen molar-refractivity contribution in [3.63, 3.8) is 0 Å². The van der Waals surface area contributed by atoms with Crippen LogP contribution in [0, 0.1) is 6.92 Å². The predicted molar refractivity (Wildman–Crippen MR) is 126 cm³/mol. The van der Waals surface area contributed by atoms with E-state index in [9.17, 15) is 9.59 Å². The normalized spacial score (nSPS) is 10.9. The molecule has 2 aromatic carbocycles. The minimum atomic E-state index is -0.397. The molecule has 0 radical (unpaired) electrons. The molecule has 0 unspecified atom stereocenters. The summed E-state index contributed by atoms with van der Waals surface area (Å²) >= 11 is 6.12. The fraction of sp³-hybridized carbons (Fsp3) is 0.136. The number of nitrogens with one attached hydrogen (secondary N) is 1. The summed E-state index contributed by atoms with van der Waals surface area (Å²) in [5, 5.41) is 4.31. The molecule has 1 amide bonds. The van der Waals surface area contributed by atoms with E-state index in [-0.39, 0.29) is 12.5 Å². The third-order valence-corrected chi connectivity index (χ3v) is 7.22. The molecular weight excluding hydrogens is 484 g/mol. The number of hydrogen-bond acceptors (Lipinski definition) is 6. The molecule has 0 atom stereocenters. The van der Waals surface area contributed by atoms with Gasteiger partial charge in [0.05, 0.1) is 16.8 Å². The molecule has 152 valence electrons. The number of benzene rings is 2. The summed E-state index contributed by atoms with van der Waals surface area (Å²) in [6.45, 7) is 3.91. The molecule has 0 aliphatic rings. The van der Waals surface area contributed by atoms with E-state index in [1.807, 2.05) is 43.3 Å². The number of carbonyl (C=O) groups is 2. The highest BCUT2D eigenvalue weighted by molar-refractivity contribution is 9.10. The van der Waals surface area contributed by atoms with Crippen molar-refractivity contribution >= 4 is 65.7 Å². The van der Waals surface area contributed by atoms with Gasteiger partial charge in [-0.15, -0.1) is 22.7 Å². The molecule has 8 heteroatoms. The Bertz CT molecular complexity index is 1210. The van der Waals surface area contributed by atoms with Crippen LogP contribution in [0.1, 0.15) is 32.5 Å². The molecule has 1 N–H and O–H groups in total. The number of aromatic nitrogens is 1. The minimum absolute atomic E-state index is 0.249. The Morgan fingerprint density at radius 3 is 2.53 bits per heavy atom. The number of rotatable bonds is 5. The minimum Gasteiger partial charge on any atom is -0.462 e. The average molecular weight is 501 g/mol. The smallest absolute Gasteiger partial charge is 0.348 e. The molecule has 0 saturated carbocycles. The highest BCUT2D eigenvalue weighted by Crippen LogP contribution is 2.43. The Labute approximate surface area is 189 Å². The van der Waals surface area contributed by atoms with Gasteiger partial charge in [0.1, 0.15) is 14.9 Å². The van der Waals surface area contributed by atoms with E-state index >= 15 is 0 Å². The molecule has 2 aromatic heterocycles. The number of nitrogens with zero attached hydrogens (tertiary/aromatic N) is 1. The number of esters is 1. The van der Waals surface area contributed by atoms with Crippen LogP contribution in [0.15, 0.2) is 53.0 Å². The van der Waals surface area contributed by atoms with Crippen molar-refractivity contribution < 1.29 is 14.3 Å². The lowest BCUT2D eigenvalue weighted by molar-refractivity contribution is 0.0531. The van der Waals surface area contributed by atoms with E-state index in [0.717, 1.165) is 30.8 Å². The Balaban J connectivity index is 1.79.